The lowest BCUT2D eigenvalue weighted by molar-refractivity contribution is -0.206. The quantitative estimate of drug-likeness (QED) is 0.0368. The van der Waals surface area contributed by atoms with Crippen LogP contribution in [0.5, 0.6) is 0 Å². The SMILES string of the molecule is [B]C1CN(P(C)(=O)N(C)C)CC(OC)O1.[B]CC(=O)N(CCNC)CC(C)=O.[B][C@@H]1O[C@H](COC)C(OP(C)(=O)[O-])[C@@H]1OCCCO.[B][C@@H]1O[C@H](COC)C(OP(C)(=O)[O-])[C@H]1F.[B][C@H]1CC(NP(C)(=O)[O-])[C@@H](COC)O1.[B][C@H]1CC(OP([BH3-])(C)=O)[C@@H](COC)O1. The molecular weight excluding hydrogens is 1280 g/mol. The summed E-state index contributed by atoms with van der Waals surface area (Å²) in [7, 11) is 29.6. The lowest BCUT2D eigenvalue weighted by Crippen LogP contribution is -2.48. The third kappa shape index (κ3) is 37.5. The molecular formula is C47H94B7FN5O25P5-4. The molecule has 21 atom stereocenters. The number of ketones is 1. The van der Waals surface area contributed by atoms with Crippen molar-refractivity contribution in [3.63, 3.8) is 0 Å². The van der Waals surface area contributed by atoms with E-state index in [1.165, 1.54) is 33.2 Å². The summed E-state index contributed by atoms with van der Waals surface area (Å²) in [6.07, 6.45) is -5.42. The fourth-order valence-electron chi connectivity index (χ4n) is 8.52. The van der Waals surface area contributed by atoms with E-state index in [2.05, 4.69) is 14.9 Å². The molecule has 43 heteroatoms. The highest BCUT2D eigenvalue weighted by Gasteiger charge is 2.46. The van der Waals surface area contributed by atoms with Crippen LogP contribution in [0.2, 0.25) is 6.32 Å². The van der Waals surface area contributed by atoms with Crippen molar-refractivity contribution < 1.29 is 122 Å². The molecule has 12 radical (unpaired) electrons. The van der Waals surface area contributed by atoms with Crippen LogP contribution in [0, 0.1) is 0 Å². The van der Waals surface area contributed by atoms with Crippen LogP contribution in [0.15, 0.2) is 0 Å². The Morgan fingerprint density at radius 1 is 0.711 bits per heavy atom. The van der Waals surface area contributed by atoms with Gasteiger partial charge in [-0.2, -0.15) is 0 Å². The van der Waals surface area contributed by atoms with Crippen LogP contribution in [0.3, 0.4) is 0 Å². The molecule has 0 bridgehead atoms. The molecule has 5 fully saturated rings. The van der Waals surface area contributed by atoms with Crippen molar-refractivity contribution in [3.8, 4) is 0 Å². The molecule has 5 aliphatic heterocycles. The summed E-state index contributed by atoms with van der Waals surface area (Å²) in [5, 5.41) is 14.1. The predicted octanol–water partition coefficient (Wildman–Crippen LogP) is -3.78. The molecule has 5 heterocycles. The molecule has 514 valence electrons. The molecule has 0 spiro atoms. The number of hydrogen-bond donors (Lipinski definition) is 3. The summed E-state index contributed by atoms with van der Waals surface area (Å²) in [6.45, 7) is 11.3. The molecule has 3 N–H and O–H groups in total. The Kier molecular flexibility index (Phi) is 44.6. The van der Waals surface area contributed by atoms with Gasteiger partial charge in [0.05, 0.1) is 80.7 Å². The van der Waals surface area contributed by atoms with Gasteiger partial charge >= 0.3 is 0 Å². The number of hydrogen-bond acceptors (Lipinski definition) is 26. The van der Waals surface area contributed by atoms with Gasteiger partial charge in [-0.25, -0.2) is 13.7 Å². The second-order valence-corrected chi connectivity index (χ2v) is 30.5. The number of aliphatic hydroxyl groups is 1. The number of alkyl halides is 1. The third-order valence-electron chi connectivity index (χ3n) is 12.6. The van der Waals surface area contributed by atoms with E-state index >= 15 is 0 Å². The minimum absolute atomic E-state index is 0.0241. The van der Waals surface area contributed by atoms with E-state index in [0.29, 0.717) is 58.7 Å². The van der Waals surface area contributed by atoms with Gasteiger partial charge in [0.25, 0.3) is 0 Å². The third-order valence-corrected chi connectivity index (χ3v) is 18.1. The average Bonchev–Trinajstić information content (AvgIpc) is 1.40. The molecule has 5 rings (SSSR count). The molecule has 0 saturated carbocycles. The van der Waals surface area contributed by atoms with E-state index in [-0.39, 0.29) is 88.9 Å². The van der Waals surface area contributed by atoms with Crippen LogP contribution in [0.1, 0.15) is 26.2 Å². The fourth-order valence-corrected chi connectivity index (χ4v) is 12.8. The van der Waals surface area contributed by atoms with E-state index in [1.54, 1.807) is 53.4 Å². The van der Waals surface area contributed by atoms with Gasteiger partial charge < -0.3 is 114 Å². The molecule has 0 aliphatic carbocycles. The minimum Gasteiger partial charge on any atom is -0.788 e. The van der Waals surface area contributed by atoms with Crippen LogP contribution >= 0.6 is 37.4 Å². The van der Waals surface area contributed by atoms with Crippen LogP contribution < -0.4 is 25.1 Å². The summed E-state index contributed by atoms with van der Waals surface area (Å²) in [5.41, 5.74) is 0. The van der Waals surface area contributed by atoms with E-state index in [9.17, 15) is 51.5 Å². The van der Waals surface area contributed by atoms with Crippen molar-refractivity contribution in [2.24, 2.45) is 0 Å². The Bertz CT molecular complexity index is 2220. The first-order valence-corrected chi connectivity index (χ1v) is 37.6. The smallest absolute Gasteiger partial charge is 0.214 e. The van der Waals surface area contributed by atoms with Crippen molar-refractivity contribution in [3.05, 3.63) is 0 Å². The summed E-state index contributed by atoms with van der Waals surface area (Å²) >= 11 is 0. The van der Waals surface area contributed by atoms with Gasteiger partial charge in [0, 0.05) is 126 Å². The average molecular weight is 1380 g/mol. The first kappa shape index (κ1) is 89.8. The summed E-state index contributed by atoms with van der Waals surface area (Å²) in [6, 6.07) is -3.43. The Balaban J connectivity index is 0.00000106. The Labute approximate surface area is 540 Å². The van der Waals surface area contributed by atoms with Crippen molar-refractivity contribution in [1.29, 1.82) is 0 Å². The summed E-state index contributed by atoms with van der Waals surface area (Å²) in [4.78, 5) is 56.6. The van der Waals surface area contributed by atoms with Gasteiger partial charge in [0.15, 0.2) is 6.29 Å². The van der Waals surface area contributed by atoms with Gasteiger partial charge in [-0.05, 0) is 67.0 Å². The van der Waals surface area contributed by atoms with Gasteiger partial charge in [0.2, 0.25) is 13.4 Å². The number of ether oxygens (including phenoxy) is 11. The molecule has 11 unspecified atom stereocenters. The summed E-state index contributed by atoms with van der Waals surface area (Å²) in [5.74, 6) is -0.219. The van der Waals surface area contributed by atoms with Gasteiger partial charge in [0.1, 0.15) is 103 Å². The molecule has 5 aliphatic rings. The zero-order valence-electron chi connectivity index (χ0n) is 53.5. The molecule has 1 amide bonds. The first-order valence-electron chi connectivity index (χ1n) is 27.9. The van der Waals surface area contributed by atoms with E-state index in [1.807, 2.05) is 4.67 Å². The highest BCUT2D eigenvalue weighted by atomic mass is 31.2. The standard InChI is InChI=1S/C10H20BO7P.C8H18BN2O3P.C8H15BN2O2.C7H16B2O4P.C7H13BFO5P.C7H15BNO4P/c1-15-6-7-8(18-19(2,13)14)9(10(11)17-7)16-5-3-4-12;1-10(2)15(4,12)11-5-7(9)14-8(6-11)13-3;1-7(12)6-11(4-3-10-2)8(13)5-9;1-11-4-6-5(3-7(8)12-6)13-14(2,9)10;1-12-3-4-6(14-15(2,10)11)5(9)7(8)13-4;1-12-4-6-5(3-7(8)13-6)9-14(2,10)11/h7-10,12H,3-6H2,1-2H3,(H,13,14);7-8H,5-6H2,1-4H3;10H,3-6H2,1-2H3;5-7H,3-4H2,1-2,9H3;4-7H,3H2,1-2H3,(H,10,11);5-7H,3-4H2,1-2H3,(H2,9,10,11)/q;;;-1;;/p-3/t7-,8?,9+,10-;;;5?,6-,7-,14?;4-,5-,6?,7-;5?,6-,7-/m1..111/s1. The highest BCUT2D eigenvalue weighted by Crippen LogP contribution is 2.49. The summed E-state index contributed by atoms with van der Waals surface area (Å²) < 4.78 is 146. The number of carbonyl (C=O) groups is 2. The molecule has 0 aromatic carbocycles. The number of likely N-dealkylation sites (N-methyl/N-ethyl adjacent to an activating group) is 1. The molecule has 5 saturated heterocycles. The van der Waals surface area contributed by atoms with Gasteiger partial charge in [-0.1, -0.05) is 0 Å². The maximum absolute atomic E-state index is 13.4. The van der Waals surface area contributed by atoms with Crippen LogP contribution in [-0.4, -0.2) is 345 Å². The Hall–Kier alpha value is -0.205. The zero-order chi connectivity index (χ0) is 69.5. The minimum atomic E-state index is -4.02. The molecule has 0 aromatic rings. The molecule has 30 nitrogen and oxygen atoms in total. The lowest BCUT2D eigenvalue weighted by atomic mass is 9.93. The Morgan fingerprint density at radius 3 is 1.68 bits per heavy atom. The second-order valence-electron chi connectivity index (χ2n) is 20.9. The maximum Gasteiger partial charge on any atom is 0.214 e. The molecule has 0 aromatic heterocycles. The highest BCUT2D eigenvalue weighted by molar-refractivity contribution is 7.82. The predicted molar refractivity (Wildman–Crippen MR) is 338 cm³/mol. The number of methoxy groups -OCH3 is 5. The second kappa shape index (κ2) is 44.7. The van der Waals surface area contributed by atoms with E-state index in [4.69, 9.17) is 113 Å². The monoisotopic (exact) mass is 1380 g/mol. The fraction of sp³-hybridized carbons (Fsp3) is 0.957. The number of aliphatic hydroxyl groups excluding tert-OH is 1. The number of rotatable bonds is 29. The van der Waals surface area contributed by atoms with Crippen LogP contribution in [0.25, 0.3) is 0 Å². The van der Waals surface area contributed by atoms with Crippen molar-refractivity contribution in [2.45, 2.75) is 130 Å². The number of halogens is 1. The number of carbonyl (C=O) groups excluding carboxylic acids is 2. The number of morpholine rings is 1. The van der Waals surface area contributed by atoms with Crippen molar-refractivity contribution >= 4 is 104 Å². The lowest BCUT2D eigenvalue weighted by Gasteiger charge is -2.41. The van der Waals surface area contributed by atoms with Crippen LogP contribution in [-0.2, 0) is 98.1 Å². The van der Waals surface area contributed by atoms with Gasteiger partial charge in [-0.3, -0.25) is 19.2 Å². The Morgan fingerprint density at radius 2 is 1.21 bits per heavy atom. The normalized spacial score (nSPS) is 32.3. The van der Waals surface area contributed by atoms with Gasteiger partial charge in [-0.15, -0.1) is 0 Å². The number of nitrogens with one attached hydrogen (secondary N) is 2. The zero-order valence-corrected chi connectivity index (χ0v) is 58.0. The molecule has 90 heavy (non-hydrogen) atoms. The number of nitrogens with zero attached hydrogens (tertiary/aromatic N) is 3. The van der Waals surface area contributed by atoms with Crippen molar-refractivity contribution in [1.82, 2.24) is 24.6 Å². The number of amides is 1. The first-order chi connectivity index (χ1) is 41.6. The van der Waals surface area contributed by atoms with Crippen molar-refractivity contribution in [2.75, 3.05) is 162 Å². The van der Waals surface area contributed by atoms with E-state index in [0.717, 1.165) is 20.0 Å². The largest absolute Gasteiger partial charge is 0.788 e. The topological polar surface area (TPSA) is 372 Å². The van der Waals surface area contributed by atoms with E-state index < -0.39 is 104 Å². The van der Waals surface area contributed by atoms with Crippen LogP contribution in [0.4, 0.5) is 4.39 Å². The number of Topliss-reactive ketones (excluding diaryl/α,β-unsaturated/α-hetero) is 1. The maximum atomic E-state index is 13.4.